The second-order valence-corrected chi connectivity index (χ2v) is 4.87. The highest BCUT2D eigenvalue weighted by Gasteiger charge is 2.12. The van der Waals surface area contributed by atoms with Gasteiger partial charge in [-0.1, -0.05) is 0 Å². The summed E-state index contributed by atoms with van der Waals surface area (Å²) in [7, 11) is 1.64. The number of methoxy groups -OCH3 is 1. The summed E-state index contributed by atoms with van der Waals surface area (Å²) in [5, 5.41) is 6.50. The Labute approximate surface area is 126 Å². The number of morpholine rings is 1. The van der Waals surface area contributed by atoms with Gasteiger partial charge in [-0.15, -0.1) is 0 Å². The van der Waals surface area contributed by atoms with Gasteiger partial charge in [-0.25, -0.2) is 9.97 Å². The third-order valence-corrected chi connectivity index (χ3v) is 3.40. The summed E-state index contributed by atoms with van der Waals surface area (Å²) in [6, 6.07) is 0. The number of nitrogens with one attached hydrogen (secondary N) is 2. The molecular formula is C14H25N5O2. The van der Waals surface area contributed by atoms with Crippen molar-refractivity contribution < 1.29 is 9.47 Å². The second-order valence-electron chi connectivity index (χ2n) is 4.87. The van der Waals surface area contributed by atoms with Crippen LogP contribution in [0, 0.1) is 0 Å². The lowest BCUT2D eigenvalue weighted by atomic mass is 10.3. The lowest BCUT2D eigenvalue weighted by Gasteiger charge is -2.26. The third kappa shape index (κ3) is 4.71. The van der Waals surface area contributed by atoms with E-state index in [1.54, 1.807) is 13.4 Å². The van der Waals surface area contributed by atoms with Crippen LogP contribution in [0.4, 0.5) is 11.6 Å². The molecule has 0 saturated carbocycles. The van der Waals surface area contributed by atoms with E-state index < -0.39 is 0 Å². The molecule has 2 rings (SSSR count). The Balaban J connectivity index is 1.80. The average molecular weight is 295 g/mol. The number of anilines is 2. The maximum Gasteiger partial charge on any atom is 0.204 e. The Hall–Kier alpha value is -1.60. The fourth-order valence-corrected chi connectivity index (χ4v) is 2.32. The maximum absolute atomic E-state index is 5.40. The first-order valence-electron chi connectivity index (χ1n) is 7.52. The van der Waals surface area contributed by atoms with E-state index in [-0.39, 0.29) is 0 Å². The quantitative estimate of drug-likeness (QED) is 0.695. The Kier molecular flexibility index (Phi) is 6.49. The zero-order chi connectivity index (χ0) is 14.9. The zero-order valence-corrected chi connectivity index (χ0v) is 12.9. The first kappa shape index (κ1) is 15.8. The molecule has 0 spiro atoms. The van der Waals surface area contributed by atoms with Gasteiger partial charge in [0, 0.05) is 26.2 Å². The van der Waals surface area contributed by atoms with Crippen molar-refractivity contribution in [2.45, 2.75) is 13.3 Å². The van der Waals surface area contributed by atoms with Crippen molar-refractivity contribution in [2.75, 3.05) is 63.7 Å². The van der Waals surface area contributed by atoms with Gasteiger partial charge in [-0.2, -0.15) is 0 Å². The fourth-order valence-electron chi connectivity index (χ4n) is 2.32. The summed E-state index contributed by atoms with van der Waals surface area (Å²) in [4.78, 5) is 10.9. The van der Waals surface area contributed by atoms with Crippen molar-refractivity contribution in [1.82, 2.24) is 14.9 Å². The third-order valence-electron chi connectivity index (χ3n) is 3.40. The second kappa shape index (κ2) is 8.63. The Morgan fingerprint density at radius 3 is 2.62 bits per heavy atom. The number of ether oxygens (including phenoxy) is 2. The van der Waals surface area contributed by atoms with Gasteiger partial charge in [0.15, 0.2) is 11.6 Å². The van der Waals surface area contributed by atoms with E-state index in [9.17, 15) is 0 Å². The smallest absolute Gasteiger partial charge is 0.204 e. The van der Waals surface area contributed by atoms with E-state index in [1.165, 1.54) is 0 Å². The number of nitrogens with zero attached hydrogens (tertiary/aromatic N) is 3. The van der Waals surface area contributed by atoms with E-state index in [4.69, 9.17) is 9.47 Å². The molecule has 7 nitrogen and oxygen atoms in total. The van der Waals surface area contributed by atoms with Crippen molar-refractivity contribution >= 4 is 11.6 Å². The first-order valence-corrected chi connectivity index (χ1v) is 7.52. The van der Waals surface area contributed by atoms with Gasteiger partial charge in [-0.05, 0) is 19.9 Å². The molecule has 1 aliphatic heterocycles. The molecule has 0 bridgehead atoms. The van der Waals surface area contributed by atoms with Crippen molar-refractivity contribution in [3.8, 4) is 5.75 Å². The van der Waals surface area contributed by atoms with Crippen LogP contribution < -0.4 is 15.4 Å². The number of aromatic nitrogens is 2. The highest BCUT2D eigenvalue weighted by Crippen LogP contribution is 2.28. The molecule has 0 amide bonds. The summed E-state index contributed by atoms with van der Waals surface area (Å²) in [6.07, 6.45) is 2.61. The largest absolute Gasteiger partial charge is 0.490 e. The van der Waals surface area contributed by atoms with Crippen LogP contribution in [0.1, 0.15) is 13.3 Å². The predicted molar refractivity (Wildman–Crippen MR) is 83.1 cm³/mol. The normalized spacial score (nSPS) is 15.7. The highest BCUT2D eigenvalue weighted by atomic mass is 16.5. The van der Waals surface area contributed by atoms with Gasteiger partial charge in [0.25, 0.3) is 0 Å². The molecule has 1 aliphatic rings. The molecule has 0 atom stereocenters. The summed E-state index contributed by atoms with van der Waals surface area (Å²) >= 11 is 0. The lowest BCUT2D eigenvalue weighted by Crippen LogP contribution is -2.37. The predicted octanol–water partition coefficient (Wildman–Crippen LogP) is 1.05. The van der Waals surface area contributed by atoms with Crippen LogP contribution in [0.3, 0.4) is 0 Å². The average Bonchev–Trinajstić information content (AvgIpc) is 2.53. The zero-order valence-electron chi connectivity index (χ0n) is 12.9. The van der Waals surface area contributed by atoms with Crippen LogP contribution >= 0.6 is 0 Å². The van der Waals surface area contributed by atoms with Crippen LogP contribution in [0.2, 0.25) is 0 Å². The molecule has 1 fully saturated rings. The van der Waals surface area contributed by atoms with Gasteiger partial charge < -0.3 is 20.1 Å². The molecule has 2 N–H and O–H groups in total. The minimum Gasteiger partial charge on any atom is -0.490 e. The van der Waals surface area contributed by atoms with Crippen molar-refractivity contribution in [3.05, 3.63) is 6.33 Å². The fraction of sp³-hybridized carbons (Fsp3) is 0.714. The number of rotatable bonds is 8. The topological polar surface area (TPSA) is 71.5 Å². The molecule has 0 radical (unpaired) electrons. The van der Waals surface area contributed by atoms with Crippen LogP contribution in [0.25, 0.3) is 0 Å². The molecule has 118 valence electrons. The van der Waals surface area contributed by atoms with E-state index in [2.05, 4.69) is 25.5 Å². The number of hydrogen-bond acceptors (Lipinski definition) is 7. The van der Waals surface area contributed by atoms with E-state index in [0.29, 0.717) is 5.75 Å². The minimum atomic E-state index is 0.672. The molecule has 0 aliphatic carbocycles. The Morgan fingerprint density at radius 1 is 1.24 bits per heavy atom. The van der Waals surface area contributed by atoms with Gasteiger partial charge >= 0.3 is 0 Å². The molecule has 1 aromatic rings. The Morgan fingerprint density at radius 2 is 1.95 bits per heavy atom. The van der Waals surface area contributed by atoms with Crippen molar-refractivity contribution in [1.29, 1.82) is 0 Å². The monoisotopic (exact) mass is 295 g/mol. The molecule has 0 unspecified atom stereocenters. The van der Waals surface area contributed by atoms with Gasteiger partial charge in [0.1, 0.15) is 6.33 Å². The standard InChI is InChI=1S/C14H25N5O2/c1-3-15-13-12(20-2)14(18-11-17-13)16-5-4-6-19-7-9-21-10-8-19/h11H,3-10H2,1-2H3,(H2,15,16,17,18). The van der Waals surface area contributed by atoms with Crippen molar-refractivity contribution in [2.24, 2.45) is 0 Å². The van der Waals surface area contributed by atoms with Gasteiger partial charge in [-0.3, -0.25) is 4.90 Å². The molecule has 2 heterocycles. The van der Waals surface area contributed by atoms with Gasteiger partial charge in [0.2, 0.25) is 5.75 Å². The molecule has 1 saturated heterocycles. The molecule has 1 aromatic heterocycles. The van der Waals surface area contributed by atoms with Crippen LogP contribution in [-0.2, 0) is 4.74 Å². The van der Waals surface area contributed by atoms with E-state index in [1.807, 2.05) is 6.92 Å². The van der Waals surface area contributed by atoms with Crippen molar-refractivity contribution in [3.63, 3.8) is 0 Å². The number of hydrogen-bond donors (Lipinski definition) is 2. The van der Waals surface area contributed by atoms with Crippen LogP contribution in [0.5, 0.6) is 5.75 Å². The van der Waals surface area contributed by atoms with E-state index >= 15 is 0 Å². The maximum atomic E-state index is 5.40. The SMILES string of the molecule is CCNc1ncnc(NCCCN2CCOCC2)c1OC. The first-order chi connectivity index (χ1) is 10.3. The lowest BCUT2D eigenvalue weighted by molar-refractivity contribution is 0.0378. The summed E-state index contributed by atoms with van der Waals surface area (Å²) < 4.78 is 10.7. The summed E-state index contributed by atoms with van der Waals surface area (Å²) in [6.45, 7) is 8.50. The van der Waals surface area contributed by atoms with Crippen LogP contribution in [0.15, 0.2) is 6.33 Å². The molecular weight excluding hydrogens is 270 g/mol. The molecule has 7 heteroatoms. The minimum absolute atomic E-state index is 0.672. The summed E-state index contributed by atoms with van der Waals surface area (Å²) in [5.41, 5.74) is 0. The van der Waals surface area contributed by atoms with Gasteiger partial charge in [0.05, 0.1) is 20.3 Å². The van der Waals surface area contributed by atoms with Crippen LogP contribution in [-0.4, -0.2) is 67.9 Å². The van der Waals surface area contributed by atoms with E-state index in [0.717, 1.165) is 64.0 Å². The molecule has 0 aromatic carbocycles. The Bertz CT molecular complexity index is 424. The molecule has 21 heavy (non-hydrogen) atoms. The summed E-state index contributed by atoms with van der Waals surface area (Å²) in [5.74, 6) is 2.14. The highest BCUT2D eigenvalue weighted by molar-refractivity contribution is 5.63.